The number of ether oxygens (including phenoxy) is 2. The van der Waals surface area contributed by atoms with Gasteiger partial charge in [-0.25, -0.2) is 0 Å². The first-order valence-electron chi connectivity index (χ1n) is 8.31. The van der Waals surface area contributed by atoms with Crippen LogP contribution in [-0.2, 0) is 0 Å². The Balaban J connectivity index is 2.18. The average Bonchev–Trinajstić information content (AvgIpc) is 3.20. The van der Waals surface area contributed by atoms with Crippen LogP contribution in [0.2, 0.25) is 5.02 Å². The van der Waals surface area contributed by atoms with Crippen LogP contribution in [0, 0.1) is 6.92 Å². The number of rotatable bonds is 4. The average molecular weight is 381 g/mol. The summed E-state index contributed by atoms with van der Waals surface area (Å²) in [4.78, 5) is 4.29. The van der Waals surface area contributed by atoms with E-state index in [1.54, 1.807) is 14.2 Å². The Bertz CT molecular complexity index is 1130. The van der Waals surface area contributed by atoms with Crippen molar-refractivity contribution in [3.63, 3.8) is 0 Å². The third-order valence-corrected chi connectivity index (χ3v) is 4.78. The highest BCUT2D eigenvalue weighted by Crippen LogP contribution is 2.38. The van der Waals surface area contributed by atoms with Gasteiger partial charge in [0.05, 0.1) is 19.9 Å². The molecule has 4 aromatic rings. The van der Waals surface area contributed by atoms with Crippen molar-refractivity contribution in [1.82, 2.24) is 15.2 Å². The number of pyridine rings is 1. The van der Waals surface area contributed by atoms with E-state index in [4.69, 9.17) is 21.1 Å². The SMILES string of the molecule is COc1cc2cc(C)[n+](-c3nnc[n-]3)c(-c3ccccc3Cl)c2cc1OC. The predicted octanol–water partition coefficient (Wildman–Crippen LogP) is 3.51. The summed E-state index contributed by atoms with van der Waals surface area (Å²) >= 11 is 6.55. The van der Waals surface area contributed by atoms with Gasteiger partial charge >= 0.3 is 0 Å². The second kappa shape index (κ2) is 6.89. The first-order chi connectivity index (χ1) is 13.1. The van der Waals surface area contributed by atoms with Gasteiger partial charge in [-0.15, -0.1) is 10.2 Å². The third kappa shape index (κ3) is 2.88. The summed E-state index contributed by atoms with van der Waals surface area (Å²) in [7, 11) is 3.24. The Kier molecular flexibility index (Phi) is 4.41. The summed E-state index contributed by atoms with van der Waals surface area (Å²) < 4.78 is 12.9. The number of aryl methyl sites for hydroxylation is 1. The first kappa shape index (κ1) is 17.3. The maximum Gasteiger partial charge on any atom is 0.255 e. The van der Waals surface area contributed by atoms with Crippen LogP contribution in [0.5, 0.6) is 11.5 Å². The van der Waals surface area contributed by atoms with Crippen LogP contribution in [0.1, 0.15) is 5.69 Å². The molecule has 0 N–H and O–H groups in total. The molecule has 0 aliphatic carbocycles. The van der Waals surface area contributed by atoms with E-state index in [0.717, 1.165) is 27.7 Å². The van der Waals surface area contributed by atoms with Gasteiger partial charge in [0.25, 0.3) is 5.95 Å². The van der Waals surface area contributed by atoms with Crippen molar-refractivity contribution in [2.75, 3.05) is 14.2 Å². The standard InChI is InChI=1S/C20H17ClN4O2/c1-12-8-13-9-17(26-2)18(27-3)10-15(13)19(14-6-4-5-7-16(14)21)25(12)20-22-11-23-24-20/h4-11H,1-3H3. The van der Waals surface area contributed by atoms with E-state index in [2.05, 4.69) is 15.2 Å². The number of fused-ring (bicyclic) bond motifs is 1. The molecule has 0 radical (unpaired) electrons. The topological polar surface area (TPSA) is 62.2 Å². The molecule has 0 amide bonds. The van der Waals surface area contributed by atoms with Gasteiger partial charge in [-0.05, 0) is 36.6 Å². The normalized spacial score (nSPS) is 11.0. The fourth-order valence-electron chi connectivity index (χ4n) is 3.27. The molecule has 0 unspecified atom stereocenters. The fourth-order valence-corrected chi connectivity index (χ4v) is 3.49. The predicted molar refractivity (Wildman–Crippen MR) is 103 cm³/mol. The van der Waals surface area contributed by atoms with E-state index in [0.29, 0.717) is 22.5 Å². The van der Waals surface area contributed by atoms with E-state index in [9.17, 15) is 0 Å². The molecule has 7 heteroatoms. The van der Waals surface area contributed by atoms with Gasteiger partial charge in [-0.3, -0.25) is 4.57 Å². The van der Waals surface area contributed by atoms with E-state index in [-0.39, 0.29) is 0 Å². The molecule has 27 heavy (non-hydrogen) atoms. The summed E-state index contributed by atoms with van der Waals surface area (Å²) in [5.74, 6) is 1.79. The van der Waals surface area contributed by atoms with E-state index in [1.807, 2.05) is 54.0 Å². The molecule has 0 fully saturated rings. The number of hydrogen-bond acceptors (Lipinski definition) is 4. The van der Waals surface area contributed by atoms with Crippen LogP contribution in [0.4, 0.5) is 0 Å². The molecular formula is C20H17ClN4O2. The largest absolute Gasteiger partial charge is 0.493 e. The van der Waals surface area contributed by atoms with Crippen molar-refractivity contribution in [1.29, 1.82) is 0 Å². The lowest BCUT2D eigenvalue weighted by atomic mass is 10.0. The molecule has 4 rings (SSSR count). The van der Waals surface area contributed by atoms with Gasteiger partial charge in [0.1, 0.15) is 6.33 Å². The number of hydrogen-bond donors (Lipinski definition) is 0. The lowest BCUT2D eigenvalue weighted by molar-refractivity contribution is -0.597. The maximum atomic E-state index is 6.55. The fraction of sp³-hybridized carbons (Fsp3) is 0.150. The molecule has 0 bridgehead atoms. The number of nitrogens with zero attached hydrogens (tertiary/aromatic N) is 4. The molecule has 0 saturated carbocycles. The molecule has 2 aromatic heterocycles. The van der Waals surface area contributed by atoms with Crippen molar-refractivity contribution < 1.29 is 14.0 Å². The van der Waals surface area contributed by atoms with Gasteiger partial charge in [-0.2, -0.15) is 4.98 Å². The number of methoxy groups -OCH3 is 2. The van der Waals surface area contributed by atoms with Crippen molar-refractivity contribution in [2.24, 2.45) is 0 Å². The summed E-state index contributed by atoms with van der Waals surface area (Å²) in [6, 6.07) is 13.6. The van der Waals surface area contributed by atoms with Crippen molar-refractivity contribution in [2.45, 2.75) is 6.92 Å². The number of halogens is 1. The van der Waals surface area contributed by atoms with Crippen molar-refractivity contribution >= 4 is 22.4 Å². The lowest BCUT2D eigenvalue weighted by Gasteiger charge is -2.19. The smallest absolute Gasteiger partial charge is 0.255 e. The maximum absolute atomic E-state index is 6.55. The monoisotopic (exact) mass is 380 g/mol. The van der Waals surface area contributed by atoms with Crippen molar-refractivity contribution in [3.8, 4) is 28.7 Å². The molecule has 0 saturated heterocycles. The molecule has 0 aliphatic rings. The highest BCUT2D eigenvalue weighted by atomic mass is 35.5. The molecule has 2 heterocycles. The zero-order chi connectivity index (χ0) is 19.0. The van der Waals surface area contributed by atoms with Crippen LogP contribution in [0.15, 0.2) is 48.8 Å². The van der Waals surface area contributed by atoms with E-state index >= 15 is 0 Å². The molecule has 2 aromatic carbocycles. The zero-order valence-corrected chi connectivity index (χ0v) is 15.9. The first-order valence-corrected chi connectivity index (χ1v) is 8.69. The number of aromatic nitrogens is 4. The summed E-state index contributed by atoms with van der Waals surface area (Å²) in [6.07, 6.45) is 1.43. The minimum atomic E-state index is 0.485. The second-order valence-corrected chi connectivity index (χ2v) is 6.41. The Labute approximate surface area is 161 Å². The van der Waals surface area contributed by atoms with Crippen molar-refractivity contribution in [3.05, 3.63) is 59.5 Å². The van der Waals surface area contributed by atoms with Crippen LogP contribution in [-0.4, -0.2) is 24.4 Å². The summed E-state index contributed by atoms with van der Waals surface area (Å²) in [5, 5.41) is 10.6. The minimum Gasteiger partial charge on any atom is -0.493 e. The minimum absolute atomic E-state index is 0.485. The molecule has 136 valence electrons. The Morgan fingerprint density at radius 3 is 2.44 bits per heavy atom. The lowest BCUT2D eigenvalue weighted by Crippen LogP contribution is -2.39. The highest BCUT2D eigenvalue weighted by Gasteiger charge is 2.19. The molecule has 6 nitrogen and oxygen atoms in total. The Hall–Kier alpha value is -3.12. The highest BCUT2D eigenvalue weighted by molar-refractivity contribution is 6.33. The van der Waals surface area contributed by atoms with Gasteiger partial charge in [0, 0.05) is 21.7 Å². The molecule has 0 aliphatic heterocycles. The second-order valence-electron chi connectivity index (χ2n) is 6.00. The van der Waals surface area contributed by atoms with Gasteiger partial charge in [-0.1, -0.05) is 29.8 Å². The summed E-state index contributed by atoms with van der Waals surface area (Å²) in [6.45, 7) is 1.99. The number of benzene rings is 2. The van der Waals surface area contributed by atoms with Gasteiger partial charge in [0.15, 0.2) is 11.5 Å². The van der Waals surface area contributed by atoms with Crippen LogP contribution in [0.3, 0.4) is 0 Å². The van der Waals surface area contributed by atoms with Crippen LogP contribution in [0.25, 0.3) is 28.0 Å². The molecule has 0 spiro atoms. The third-order valence-electron chi connectivity index (χ3n) is 4.45. The van der Waals surface area contributed by atoms with Crippen LogP contribution >= 0.6 is 11.6 Å². The van der Waals surface area contributed by atoms with E-state index < -0.39 is 0 Å². The van der Waals surface area contributed by atoms with Gasteiger partial charge < -0.3 is 9.47 Å². The quantitative estimate of drug-likeness (QED) is 0.507. The molecule has 0 atom stereocenters. The Morgan fingerprint density at radius 1 is 1.04 bits per heavy atom. The zero-order valence-electron chi connectivity index (χ0n) is 15.1. The Morgan fingerprint density at radius 2 is 1.78 bits per heavy atom. The van der Waals surface area contributed by atoms with E-state index in [1.165, 1.54) is 6.33 Å². The van der Waals surface area contributed by atoms with Gasteiger partial charge in [0.2, 0.25) is 0 Å². The molecular weight excluding hydrogens is 364 g/mol. The summed E-state index contributed by atoms with van der Waals surface area (Å²) in [5.41, 5.74) is 2.67. The van der Waals surface area contributed by atoms with Crippen LogP contribution < -0.4 is 19.0 Å².